The number of rotatable bonds is 1. The van der Waals surface area contributed by atoms with E-state index in [0.717, 1.165) is 18.7 Å². The van der Waals surface area contributed by atoms with Gasteiger partial charge in [-0.2, -0.15) is 0 Å². The number of benzene rings is 1. The number of aryl methyl sites for hydroxylation is 1. The molecule has 0 saturated carbocycles. The van der Waals surface area contributed by atoms with E-state index in [9.17, 15) is 4.79 Å². The molecule has 1 saturated heterocycles. The van der Waals surface area contributed by atoms with Crippen molar-refractivity contribution in [1.82, 2.24) is 5.32 Å². The zero-order valence-corrected chi connectivity index (χ0v) is 11.5. The highest BCUT2D eigenvalue weighted by molar-refractivity contribution is 5.93. The summed E-state index contributed by atoms with van der Waals surface area (Å²) in [7, 11) is 0. The summed E-state index contributed by atoms with van der Waals surface area (Å²) in [5, 5.41) is 6.41. The van der Waals surface area contributed by atoms with E-state index in [0.29, 0.717) is 13.0 Å². The molecule has 19 heavy (non-hydrogen) atoms. The molecule has 0 bridgehead atoms. The third-order valence-corrected chi connectivity index (χ3v) is 3.81. The summed E-state index contributed by atoms with van der Waals surface area (Å²) < 4.78 is 5.94. The van der Waals surface area contributed by atoms with E-state index in [1.54, 1.807) is 0 Å². The van der Waals surface area contributed by atoms with E-state index in [1.165, 1.54) is 11.1 Å². The molecule has 2 heterocycles. The lowest BCUT2D eigenvalue weighted by Gasteiger charge is -2.36. The molecular weight excluding hydrogens is 240 g/mol. The number of hydrogen-bond donors (Lipinski definition) is 2. The Morgan fingerprint density at radius 2 is 2.16 bits per heavy atom. The molecule has 102 valence electrons. The summed E-state index contributed by atoms with van der Waals surface area (Å²) in [5.41, 5.74) is 3.41. The van der Waals surface area contributed by atoms with Gasteiger partial charge in [-0.1, -0.05) is 12.1 Å². The Hall–Kier alpha value is -1.39. The summed E-state index contributed by atoms with van der Waals surface area (Å²) in [6.45, 7) is 5.83. The Morgan fingerprint density at radius 1 is 1.32 bits per heavy atom. The van der Waals surface area contributed by atoms with E-state index in [4.69, 9.17) is 4.74 Å². The van der Waals surface area contributed by atoms with Crippen LogP contribution >= 0.6 is 0 Å². The molecule has 4 nitrogen and oxygen atoms in total. The van der Waals surface area contributed by atoms with Gasteiger partial charge in [-0.05, 0) is 37.5 Å². The van der Waals surface area contributed by atoms with Gasteiger partial charge >= 0.3 is 0 Å². The number of amides is 1. The molecule has 1 aromatic rings. The van der Waals surface area contributed by atoms with Gasteiger partial charge in [0.15, 0.2) is 0 Å². The molecule has 1 unspecified atom stereocenters. The maximum atomic E-state index is 11.3. The van der Waals surface area contributed by atoms with Crippen LogP contribution in [0.3, 0.4) is 0 Å². The minimum Gasteiger partial charge on any atom is -0.370 e. The van der Waals surface area contributed by atoms with Crippen LogP contribution in [-0.4, -0.2) is 24.6 Å². The van der Waals surface area contributed by atoms with E-state index >= 15 is 0 Å². The Bertz CT molecular complexity index is 501. The molecule has 1 atom stereocenters. The third-order valence-electron chi connectivity index (χ3n) is 3.81. The average Bonchev–Trinajstić information content (AvgIpc) is 2.38. The number of anilines is 1. The summed E-state index contributed by atoms with van der Waals surface area (Å²) in [4.78, 5) is 11.3. The van der Waals surface area contributed by atoms with Gasteiger partial charge in [0.25, 0.3) is 0 Å². The molecule has 3 rings (SSSR count). The molecule has 2 aliphatic rings. The summed E-state index contributed by atoms with van der Waals surface area (Å²) in [6.07, 6.45) is 1.50. The van der Waals surface area contributed by atoms with Crippen LogP contribution in [0.15, 0.2) is 18.2 Å². The van der Waals surface area contributed by atoms with Gasteiger partial charge in [0.1, 0.15) is 0 Å². The normalized spacial score (nSPS) is 25.6. The Morgan fingerprint density at radius 3 is 2.89 bits per heavy atom. The van der Waals surface area contributed by atoms with Crippen LogP contribution in [-0.2, 0) is 16.0 Å². The fourth-order valence-electron chi connectivity index (χ4n) is 2.61. The molecular formula is C15H20N2O2. The maximum Gasteiger partial charge on any atom is 0.224 e. The van der Waals surface area contributed by atoms with Crippen LogP contribution in [0, 0.1) is 0 Å². The van der Waals surface area contributed by atoms with E-state index < -0.39 is 0 Å². The Kier molecular flexibility index (Phi) is 3.07. The average molecular weight is 260 g/mol. The Labute approximate surface area is 113 Å². The minimum absolute atomic E-state index is 0.0542. The summed E-state index contributed by atoms with van der Waals surface area (Å²) >= 11 is 0. The topological polar surface area (TPSA) is 50.4 Å². The predicted octanol–water partition coefficient (Wildman–Crippen LogP) is 2.01. The monoisotopic (exact) mass is 260 g/mol. The molecule has 1 amide bonds. The van der Waals surface area contributed by atoms with Crippen molar-refractivity contribution < 1.29 is 9.53 Å². The number of ether oxygens (including phenoxy) is 1. The number of carbonyl (C=O) groups is 1. The molecule has 2 aliphatic heterocycles. The number of carbonyl (C=O) groups excluding carboxylic acids is 1. The lowest BCUT2D eigenvalue weighted by atomic mass is 9.96. The van der Waals surface area contributed by atoms with Crippen LogP contribution in [0.4, 0.5) is 5.69 Å². The van der Waals surface area contributed by atoms with Crippen molar-refractivity contribution in [3.63, 3.8) is 0 Å². The molecule has 0 aromatic heterocycles. The smallest absolute Gasteiger partial charge is 0.224 e. The first kappa shape index (κ1) is 12.6. The minimum atomic E-state index is 0.0542. The molecule has 1 fully saturated rings. The van der Waals surface area contributed by atoms with E-state index in [1.807, 2.05) is 6.07 Å². The van der Waals surface area contributed by atoms with Crippen LogP contribution in [0.25, 0.3) is 0 Å². The number of morpholine rings is 1. The molecule has 1 aromatic carbocycles. The zero-order valence-electron chi connectivity index (χ0n) is 11.5. The van der Waals surface area contributed by atoms with Gasteiger partial charge in [-0.15, -0.1) is 0 Å². The first-order valence-corrected chi connectivity index (χ1v) is 6.83. The third kappa shape index (κ3) is 2.65. The second kappa shape index (κ2) is 4.62. The van der Waals surface area contributed by atoms with Crippen LogP contribution in [0.5, 0.6) is 0 Å². The summed E-state index contributed by atoms with van der Waals surface area (Å²) in [6, 6.07) is 6.21. The van der Waals surface area contributed by atoms with Crippen molar-refractivity contribution in [2.75, 3.05) is 18.5 Å². The van der Waals surface area contributed by atoms with E-state index in [-0.39, 0.29) is 17.6 Å². The maximum absolute atomic E-state index is 11.3. The van der Waals surface area contributed by atoms with Gasteiger partial charge < -0.3 is 15.4 Å². The largest absolute Gasteiger partial charge is 0.370 e. The number of nitrogens with one attached hydrogen (secondary N) is 2. The van der Waals surface area contributed by atoms with Gasteiger partial charge in [-0.25, -0.2) is 0 Å². The highest BCUT2D eigenvalue weighted by Gasteiger charge is 2.28. The van der Waals surface area contributed by atoms with Gasteiger partial charge in [0, 0.05) is 24.2 Å². The van der Waals surface area contributed by atoms with Crippen molar-refractivity contribution >= 4 is 11.6 Å². The molecule has 0 aliphatic carbocycles. The highest BCUT2D eigenvalue weighted by Crippen LogP contribution is 2.29. The lowest BCUT2D eigenvalue weighted by Crippen LogP contribution is -2.50. The Balaban J connectivity index is 1.78. The summed E-state index contributed by atoms with van der Waals surface area (Å²) in [5.74, 6) is 0.109. The molecule has 4 heteroatoms. The van der Waals surface area contributed by atoms with Crippen LogP contribution in [0.1, 0.15) is 37.5 Å². The van der Waals surface area contributed by atoms with E-state index in [2.05, 4.69) is 36.6 Å². The van der Waals surface area contributed by atoms with Crippen LogP contribution in [0.2, 0.25) is 0 Å². The van der Waals surface area contributed by atoms with Crippen LogP contribution < -0.4 is 10.6 Å². The standard InChI is InChI=1S/C15H20N2O2/c1-15(2)9-19-13(8-16-15)11-3-5-12-10(7-11)4-6-14(18)17-12/h3,5,7,13,16H,4,6,8-9H2,1-2H3,(H,17,18). The fourth-order valence-corrected chi connectivity index (χ4v) is 2.61. The first-order chi connectivity index (χ1) is 9.03. The van der Waals surface area contributed by atoms with Gasteiger partial charge in [-0.3, -0.25) is 4.79 Å². The molecule has 0 spiro atoms. The lowest BCUT2D eigenvalue weighted by molar-refractivity contribution is -0.116. The quantitative estimate of drug-likeness (QED) is 0.812. The SMILES string of the molecule is CC1(C)COC(c2ccc3c(c2)CCC(=O)N3)CN1. The van der Waals surface area contributed by atoms with Crippen molar-refractivity contribution in [2.24, 2.45) is 0 Å². The predicted molar refractivity (Wildman–Crippen MR) is 74.2 cm³/mol. The van der Waals surface area contributed by atoms with Crippen molar-refractivity contribution in [2.45, 2.75) is 38.3 Å². The second-order valence-electron chi connectivity index (χ2n) is 6.03. The second-order valence-corrected chi connectivity index (χ2v) is 6.03. The van der Waals surface area contributed by atoms with Crippen molar-refractivity contribution in [3.05, 3.63) is 29.3 Å². The van der Waals surface area contributed by atoms with Crippen molar-refractivity contribution in [3.8, 4) is 0 Å². The van der Waals surface area contributed by atoms with Gasteiger partial charge in [0.05, 0.1) is 12.7 Å². The highest BCUT2D eigenvalue weighted by atomic mass is 16.5. The fraction of sp³-hybridized carbons (Fsp3) is 0.533. The zero-order chi connectivity index (χ0) is 13.5. The molecule has 2 N–H and O–H groups in total. The number of hydrogen-bond acceptors (Lipinski definition) is 3. The molecule has 0 radical (unpaired) electrons. The van der Waals surface area contributed by atoms with Gasteiger partial charge in [0.2, 0.25) is 5.91 Å². The van der Waals surface area contributed by atoms with Crippen molar-refractivity contribution in [1.29, 1.82) is 0 Å². The number of fused-ring (bicyclic) bond motifs is 1. The first-order valence-electron chi connectivity index (χ1n) is 6.83.